The Balaban J connectivity index is 2.18. The zero-order valence-corrected chi connectivity index (χ0v) is 12.2. The third kappa shape index (κ3) is 3.54. The van der Waals surface area contributed by atoms with Crippen LogP contribution in [0.5, 0.6) is 0 Å². The molecule has 1 heterocycles. The molecule has 2 rings (SSSR count). The molecule has 0 unspecified atom stereocenters. The van der Waals surface area contributed by atoms with Gasteiger partial charge in [-0.25, -0.2) is 13.1 Å². The summed E-state index contributed by atoms with van der Waals surface area (Å²) in [6, 6.07) is 4.52. The van der Waals surface area contributed by atoms with Gasteiger partial charge in [-0.2, -0.15) is 4.98 Å². The van der Waals surface area contributed by atoms with Gasteiger partial charge in [0, 0.05) is 11.6 Å². The minimum atomic E-state index is -3.65. The van der Waals surface area contributed by atoms with Crippen molar-refractivity contribution < 1.29 is 12.9 Å². The molecular weight excluding hydrogens is 304 g/mol. The number of nitrogens with one attached hydrogen (secondary N) is 2. The summed E-state index contributed by atoms with van der Waals surface area (Å²) in [5, 5.41) is 6.97. The Kier molecular flexibility index (Phi) is 4.71. The van der Waals surface area contributed by atoms with Gasteiger partial charge in [-0.05, 0) is 30.8 Å². The molecule has 9 heteroatoms. The number of aromatic nitrogens is 2. The van der Waals surface area contributed by atoms with E-state index >= 15 is 0 Å². The molecule has 0 aliphatic heterocycles. The van der Waals surface area contributed by atoms with E-state index in [4.69, 9.17) is 11.6 Å². The lowest BCUT2D eigenvalue weighted by atomic mass is 10.2. The van der Waals surface area contributed by atoms with Crippen molar-refractivity contribution >= 4 is 21.6 Å². The number of hydrogen-bond acceptors (Lipinski definition) is 6. The minimum Gasteiger partial charge on any atom is -0.343 e. The van der Waals surface area contributed by atoms with Crippen molar-refractivity contribution in [2.24, 2.45) is 0 Å². The minimum absolute atomic E-state index is 0.0389. The highest BCUT2D eigenvalue weighted by Crippen LogP contribution is 2.20. The second-order valence-corrected chi connectivity index (χ2v) is 6.13. The highest BCUT2D eigenvalue weighted by atomic mass is 35.5. The molecule has 0 aliphatic rings. The van der Waals surface area contributed by atoms with Crippen LogP contribution in [0.1, 0.15) is 11.4 Å². The van der Waals surface area contributed by atoms with Crippen LogP contribution in [0.3, 0.4) is 0 Å². The van der Waals surface area contributed by atoms with Gasteiger partial charge in [0.25, 0.3) is 0 Å². The first kappa shape index (κ1) is 14.9. The molecule has 0 saturated heterocycles. The fraction of sp³-hybridized carbons (Fsp3) is 0.273. The van der Waals surface area contributed by atoms with Crippen molar-refractivity contribution in [2.75, 3.05) is 7.05 Å². The zero-order valence-electron chi connectivity index (χ0n) is 10.6. The molecule has 0 radical (unpaired) electrons. The molecule has 0 amide bonds. The average molecular weight is 317 g/mol. The second kappa shape index (κ2) is 6.31. The number of halogens is 1. The van der Waals surface area contributed by atoms with E-state index in [2.05, 4.69) is 24.7 Å². The Hall–Kier alpha value is -1.48. The summed E-state index contributed by atoms with van der Waals surface area (Å²) >= 11 is 6.00. The molecule has 0 fully saturated rings. The Morgan fingerprint density at radius 3 is 2.80 bits per heavy atom. The maximum atomic E-state index is 12.1. The predicted molar refractivity (Wildman–Crippen MR) is 72.5 cm³/mol. The lowest BCUT2D eigenvalue weighted by Gasteiger charge is -2.08. The molecule has 0 bridgehead atoms. The topological polar surface area (TPSA) is 97.1 Å². The summed E-state index contributed by atoms with van der Waals surface area (Å²) in [5.41, 5.74) is 0.705. The lowest BCUT2D eigenvalue weighted by Crippen LogP contribution is -2.24. The summed E-state index contributed by atoms with van der Waals surface area (Å²) in [6.07, 6.45) is 1.14. The van der Waals surface area contributed by atoms with Crippen molar-refractivity contribution in [1.29, 1.82) is 0 Å². The largest absolute Gasteiger partial charge is 0.343 e. The highest BCUT2D eigenvalue weighted by molar-refractivity contribution is 7.89. The molecule has 2 N–H and O–H groups in total. The van der Waals surface area contributed by atoms with E-state index in [9.17, 15) is 8.42 Å². The normalized spacial score (nSPS) is 11.7. The molecule has 7 nitrogen and oxygen atoms in total. The van der Waals surface area contributed by atoms with Crippen LogP contribution in [0.15, 0.2) is 34.0 Å². The van der Waals surface area contributed by atoms with Gasteiger partial charge in [0.15, 0.2) is 5.82 Å². The molecule has 20 heavy (non-hydrogen) atoms. The number of nitrogens with zero attached hydrogens (tertiary/aromatic N) is 2. The summed E-state index contributed by atoms with van der Waals surface area (Å²) in [7, 11) is -1.90. The van der Waals surface area contributed by atoms with Crippen molar-refractivity contribution in [1.82, 2.24) is 20.2 Å². The molecule has 1 aromatic heterocycles. The number of benzene rings is 1. The molecule has 0 saturated carbocycles. The molecule has 0 spiro atoms. The van der Waals surface area contributed by atoms with Crippen LogP contribution in [0.4, 0.5) is 0 Å². The number of rotatable bonds is 6. The average Bonchev–Trinajstić information content (AvgIpc) is 2.92. The van der Waals surface area contributed by atoms with Gasteiger partial charge >= 0.3 is 0 Å². The zero-order chi connectivity index (χ0) is 14.6. The van der Waals surface area contributed by atoms with Crippen molar-refractivity contribution in [3.05, 3.63) is 41.0 Å². The van der Waals surface area contributed by atoms with E-state index in [1.54, 1.807) is 13.1 Å². The van der Waals surface area contributed by atoms with Gasteiger partial charge < -0.3 is 9.84 Å². The Bertz CT molecular complexity index is 673. The molecule has 2 aromatic rings. The molecular formula is C11H13ClN4O3S. The van der Waals surface area contributed by atoms with Gasteiger partial charge in [0.1, 0.15) is 0 Å². The van der Waals surface area contributed by atoms with Crippen LogP contribution in [0.2, 0.25) is 5.02 Å². The third-order valence-electron chi connectivity index (χ3n) is 2.52. The van der Waals surface area contributed by atoms with E-state index in [1.165, 1.54) is 12.1 Å². The summed E-state index contributed by atoms with van der Waals surface area (Å²) < 4.78 is 31.2. The predicted octanol–water partition coefficient (Wildman–Crippen LogP) is 0.921. The van der Waals surface area contributed by atoms with E-state index in [-0.39, 0.29) is 17.3 Å². The van der Waals surface area contributed by atoms with E-state index in [1.807, 2.05) is 0 Å². The smallest absolute Gasteiger partial charge is 0.240 e. The van der Waals surface area contributed by atoms with Crippen LogP contribution >= 0.6 is 11.6 Å². The van der Waals surface area contributed by atoms with Crippen molar-refractivity contribution in [3.63, 3.8) is 0 Å². The van der Waals surface area contributed by atoms with E-state index in [0.29, 0.717) is 17.1 Å². The lowest BCUT2D eigenvalue weighted by molar-refractivity contribution is 0.409. The van der Waals surface area contributed by atoms with Gasteiger partial charge in [0.2, 0.25) is 16.4 Å². The van der Waals surface area contributed by atoms with Crippen LogP contribution in [0.25, 0.3) is 0 Å². The molecule has 1 aromatic carbocycles. The van der Waals surface area contributed by atoms with Crippen LogP contribution in [-0.4, -0.2) is 25.6 Å². The van der Waals surface area contributed by atoms with Crippen molar-refractivity contribution in [3.8, 4) is 0 Å². The first-order chi connectivity index (χ1) is 9.53. The highest BCUT2D eigenvalue weighted by Gasteiger charge is 2.16. The molecule has 0 atom stereocenters. The maximum Gasteiger partial charge on any atom is 0.240 e. The van der Waals surface area contributed by atoms with Gasteiger partial charge in [-0.3, -0.25) is 0 Å². The fourth-order valence-electron chi connectivity index (χ4n) is 1.56. The van der Waals surface area contributed by atoms with Crippen LogP contribution in [0, 0.1) is 0 Å². The Morgan fingerprint density at radius 2 is 2.15 bits per heavy atom. The van der Waals surface area contributed by atoms with Crippen LogP contribution in [-0.2, 0) is 23.1 Å². The fourth-order valence-corrected chi connectivity index (χ4v) is 2.77. The first-order valence-electron chi connectivity index (χ1n) is 5.71. The van der Waals surface area contributed by atoms with Crippen molar-refractivity contribution in [2.45, 2.75) is 18.0 Å². The van der Waals surface area contributed by atoms with E-state index < -0.39 is 10.0 Å². The summed E-state index contributed by atoms with van der Waals surface area (Å²) in [6.45, 7) is 0.440. The van der Waals surface area contributed by atoms with Gasteiger partial charge in [-0.1, -0.05) is 16.8 Å². The molecule has 108 valence electrons. The monoisotopic (exact) mass is 316 g/mol. The SMILES string of the molecule is CNCc1cc(S(=O)(=O)NCc2ncon2)ccc1Cl. The third-order valence-corrected chi connectivity index (χ3v) is 4.29. The maximum absolute atomic E-state index is 12.1. The van der Waals surface area contributed by atoms with E-state index in [0.717, 1.165) is 6.39 Å². The number of sulfonamides is 1. The summed E-state index contributed by atoms with van der Waals surface area (Å²) in [5.74, 6) is 0.262. The van der Waals surface area contributed by atoms with Gasteiger partial charge in [-0.15, -0.1) is 0 Å². The van der Waals surface area contributed by atoms with Gasteiger partial charge in [0.05, 0.1) is 11.4 Å². The summed E-state index contributed by atoms with van der Waals surface area (Å²) in [4.78, 5) is 3.87. The van der Waals surface area contributed by atoms with Crippen LogP contribution < -0.4 is 10.0 Å². The molecule has 0 aliphatic carbocycles. The Morgan fingerprint density at radius 1 is 1.35 bits per heavy atom. The first-order valence-corrected chi connectivity index (χ1v) is 7.57. The Labute approximate surface area is 121 Å². The standard InChI is InChI=1S/C11H13ClN4O3S/c1-13-5-8-4-9(2-3-10(8)12)20(17,18)15-6-11-14-7-19-16-11/h2-4,7,13,15H,5-6H2,1H3. The number of hydrogen-bond donors (Lipinski definition) is 2. The second-order valence-electron chi connectivity index (χ2n) is 3.96. The quantitative estimate of drug-likeness (QED) is 0.822.